The number of carbonyl (C=O) groups is 1. The molecule has 0 spiro atoms. The number of hydrogen-bond donors (Lipinski definition) is 1. The van der Waals surface area contributed by atoms with E-state index in [4.69, 9.17) is 9.47 Å². The average Bonchev–Trinajstić information content (AvgIpc) is 2.79. The maximum atomic E-state index is 12.7. The van der Waals surface area contributed by atoms with Gasteiger partial charge in [0.15, 0.2) is 0 Å². The number of carbonyl (C=O) groups excluding carboxylic acids is 1. The summed E-state index contributed by atoms with van der Waals surface area (Å²) in [6, 6.07) is 19.9. The molecule has 0 aliphatic carbocycles. The number of ether oxygens (including phenoxy) is 2. The number of sulfonamides is 1. The summed E-state index contributed by atoms with van der Waals surface area (Å²) < 4.78 is 37.8. The first-order valence-corrected chi connectivity index (χ1v) is 11.0. The van der Waals surface area contributed by atoms with Crippen molar-refractivity contribution in [1.82, 2.24) is 4.90 Å². The second-order valence-electron chi connectivity index (χ2n) is 6.87. The summed E-state index contributed by atoms with van der Waals surface area (Å²) in [7, 11) is 1.09. The molecule has 0 saturated heterocycles. The Hall–Kier alpha value is -3.52. The monoisotopic (exact) mass is 440 g/mol. The summed E-state index contributed by atoms with van der Waals surface area (Å²) >= 11 is 0. The highest BCUT2D eigenvalue weighted by atomic mass is 32.2. The van der Waals surface area contributed by atoms with E-state index in [0.29, 0.717) is 23.5 Å². The van der Waals surface area contributed by atoms with Gasteiger partial charge < -0.3 is 14.4 Å². The van der Waals surface area contributed by atoms with Crippen LogP contribution in [0.25, 0.3) is 0 Å². The van der Waals surface area contributed by atoms with Gasteiger partial charge in [-0.05, 0) is 66.2 Å². The first kappa shape index (κ1) is 22.2. The number of rotatable bonds is 8. The van der Waals surface area contributed by atoms with Crippen LogP contribution in [0.3, 0.4) is 0 Å². The third-order valence-corrected chi connectivity index (χ3v) is 6.08. The summed E-state index contributed by atoms with van der Waals surface area (Å²) in [5.74, 6) is 1.16. The molecular weight excluding hydrogens is 416 g/mol. The minimum Gasteiger partial charge on any atom is -0.497 e. The minimum atomic E-state index is -3.75. The van der Waals surface area contributed by atoms with Crippen molar-refractivity contribution in [2.75, 3.05) is 26.0 Å². The fraction of sp³-hybridized carbons (Fsp3) is 0.174. The van der Waals surface area contributed by atoms with E-state index in [-0.39, 0.29) is 10.8 Å². The SMILES string of the molecule is COc1ccc(CN(C)C(=O)c2ccc(NS(=O)(=O)c3ccc(OC)cc3)cc2)cc1. The van der Waals surface area contributed by atoms with Gasteiger partial charge >= 0.3 is 0 Å². The zero-order valence-electron chi connectivity index (χ0n) is 17.5. The highest BCUT2D eigenvalue weighted by molar-refractivity contribution is 7.92. The van der Waals surface area contributed by atoms with Crippen LogP contribution in [0, 0.1) is 0 Å². The van der Waals surface area contributed by atoms with Crippen LogP contribution >= 0.6 is 0 Å². The van der Waals surface area contributed by atoms with Crippen molar-refractivity contribution in [2.45, 2.75) is 11.4 Å². The average molecular weight is 441 g/mol. The molecule has 0 unspecified atom stereocenters. The van der Waals surface area contributed by atoms with E-state index in [9.17, 15) is 13.2 Å². The molecule has 0 radical (unpaired) electrons. The zero-order chi connectivity index (χ0) is 22.4. The minimum absolute atomic E-state index is 0.118. The Kier molecular flexibility index (Phi) is 6.81. The van der Waals surface area contributed by atoms with E-state index >= 15 is 0 Å². The molecule has 7 nitrogen and oxygen atoms in total. The van der Waals surface area contributed by atoms with Gasteiger partial charge in [-0.3, -0.25) is 9.52 Å². The van der Waals surface area contributed by atoms with Crippen LogP contribution in [0.4, 0.5) is 5.69 Å². The number of amides is 1. The van der Waals surface area contributed by atoms with Crippen molar-refractivity contribution in [3.05, 3.63) is 83.9 Å². The molecular formula is C23H24N2O5S. The van der Waals surface area contributed by atoms with Crippen molar-refractivity contribution >= 4 is 21.6 Å². The van der Waals surface area contributed by atoms with Crippen molar-refractivity contribution in [3.63, 3.8) is 0 Å². The summed E-state index contributed by atoms with van der Waals surface area (Å²) in [6.45, 7) is 0.439. The Morgan fingerprint density at radius 2 is 1.35 bits per heavy atom. The van der Waals surface area contributed by atoms with Gasteiger partial charge in [0.25, 0.3) is 15.9 Å². The highest BCUT2D eigenvalue weighted by Crippen LogP contribution is 2.20. The second-order valence-corrected chi connectivity index (χ2v) is 8.55. The molecule has 8 heteroatoms. The molecule has 0 saturated carbocycles. The van der Waals surface area contributed by atoms with Gasteiger partial charge in [-0.1, -0.05) is 12.1 Å². The molecule has 0 aliphatic heterocycles. The van der Waals surface area contributed by atoms with Gasteiger partial charge in [0.05, 0.1) is 19.1 Å². The molecule has 1 N–H and O–H groups in total. The second kappa shape index (κ2) is 9.53. The first-order valence-electron chi connectivity index (χ1n) is 9.48. The molecule has 0 fully saturated rings. The number of nitrogens with one attached hydrogen (secondary N) is 1. The molecule has 0 aromatic heterocycles. The lowest BCUT2D eigenvalue weighted by atomic mass is 10.1. The van der Waals surface area contributed by atoms with Crippen LogP contribution in [0.2, 0.25) is 0 Å². The van der Waals surface area contributed by atoms with Crippen LogP contribution in [0.15, 0.2) is 77.7 Å². The lowest BCUT2D eigenvalue weighted by Gasteiger charge is -2.18. The smallest absolute Gasteiger partial charge is 0.261 e. The number of benzene rings is 3. The van der Waals surface area contributed by atoms with Gasteiger partial charge in [0.1, 0.15) is 11.5 Å². The van der Waals surface area contributed by atoms with E-state index in [0.717, 1.165) is 11.3 Å². The fourth-order valence-corrected chi connectivity index (χ4v) is 4.01. The van der Waals surface area contributed by atoms with Crippen molar-refractivity contribution in [2.24, 2.45) is 0 Å². The highest BCUT2D eigenvalue weighted by Gasteiger charge is 2.16. The van der Waals surface area contributed by atoms with Crippen molar-refractivity contribution in [3.8, 4) is 11.5 Å². The van der Waals surface area contributed by atoms with Crippen LogP contribution in [-0.4, -0.2) is 40.5 Å². The van der Waals surface area contributed by atoms with Gasteiger partial charge in [0, 0.05) is 24.8 Å². The van der Waals surface area contributed by atoms with E-state index in [2.05, 4.69) is 4.72 Å². The number of anilines is 1. The molecule has 3 aromatic rings. The lowest BCUT2D eigenvalue weighted by molar-refractivity contribution is 0.0785. The molecule has 0 heterocycles. The molecule has 0 atom stereocenters. The Bertz CT molecular complexity index is 1130. The molecule has 1 amide bonds. The van der Waals surface area contributed by atoms with Crippen LogP contribution in [0.5, 0.6) is 11.5 Å². The van der Waals surface area contributed by atoms with Gasteiger partial charge in [0.2, 0.25) is 0 Å². The first-order chi connectivity index (χ1) is 14.8. The number of nitrogens with zero attached hydrogens (tertiary/aromatic N) is 1. The predicted octanol–water partition coefficient (Wildman–Crippen LogP) is 3.78. The topological polar surface area (TPSA) is 84.9 Å². The maximum Gasteiger partial charge on any atom is 0.261 e. The van der Waals surface area contributed by atoms with E-state index < -0.39 is 10.0 Å². The van der Waals surface area contributed by atoms with Crippen LogP contribution < -0.4 is 14.2 Å². The molecule has 162 valence electrons. The normalized spacial score (nSPS) is 10.9. The summed E-state index contributed by atoms with van der Waals surface area (Å²) in [4.78, 5) is 14.4. The van der Waals surface area contributed by atoms with E-state index in [1.807, 2.05) is 24.3 Å². The van der Waals surface area contributed by atoms with E-state index in [1.54, 1.807) is 55.5 Å². The number of hydrogen-bond acceptors (Lipinski definition) is 5. The fourth-order valence-electron chi connectivity index (χ4n) is 2.95. The van der Waals surface area contributed by atoms with Gasteiger partial charge in [-0.2, -0.15) is 0 Å². The largest absolute Gasteiger partial charge is 0.497 e. The van der Waals surface area contributed by atoms with Crippen LogP contribution in [-0.2, 0) is 16.6 Å². The third-order valence-electron chi connectivity index (χ3n) is 4.68. The van der Waals surface area contributed by atoms with Gasteiger partial charge in [-0.25, -0.2) is 8.42 Å². The Labute approximate surface area is 182 Å². The number of methoxy groups -OCH3 is 2. The van der Waals surface area contributed by atoms with Crippen LogP contribution in [0.1, 0.15) is 15.9 Å². The molecule has 3 rings (SSSR count). The van der Waals surface area contributed by atoms with Crippen molar-refractivity contribution < 1.29 is 22.7 Å². The zero-order valence-corrected chi connectivity index (χ0v) is 18.3. The third kappa shape index (κ3) is 5.55. The standard InChI is InChI=1S/C23H24N2O5S/c1-25(16-17-4-10-20(29-2)11-5-17)23(26)18-6-8-19(9-7-18)24-31(27,28)22-14-12-21(30-3)13-15-22/h4-15,24H,16H2,1-3H3. The Balaban J connectivity index is 1.66. The van der Waals surface area contributed by atoms with Gasteiger partial charge in [-0.15, -0.1) is 0 Å². The molecule has 31 heavy (non-hydrogen) atoms. The Morgan fingerprint density at radius 1 is 0.839 bits per heavy atom. The molecule has 0 bridgehead atoms. The van der Waals surface area contributed by atoms with E-state index in [1.165, 1.54) is 19.2 Å². The predicted molar refractivity (Wildman–Crippen MR) is 119 cm³/mol. The molecule has 0 aliphatic rings. The summed E-state index contributed by atoms with van der Waals surface area (Å²) in [6.07, 6.45) is 0. The summed E-state index contributed by atoms with van der Waals surface area (Å²) in [5, 5.41) is 0. The maximum absolute atomic E-state index is 12.7. The Morgan fingerprint density at radius 3 is 1.87 bits per heavy atom. The summed E-state index contributed by atoms with van der Waals surface area (Å²) in [5.41, 5.74) is 1.80. The quantitative estimate of drug-likeness (QED) is 0.576. The van der Waals surface area contributed by atoms with Crippen molar-refractivity contribution in [1.29, 1.82) is 0 Å². The molecule has 3 aromatic carbocycles. The lowest BCUT2D eigenvalue weighted by Crippen LogP contribution is -2.26.